The highest BCUT2D eigenvalue weighted by atomic mass is 16.3. The topological polar surface area (TPSA) is 52.6 Å². The van der Waals surface area contributed by atoms with Gasteiger partial charge in [0.05, 0.1) is 0 Å². The van der Waals surface area contributed by atoms with Gasteiger partial charge in [-0.15, -0.1) is 0 Å². The first-order valence-electron chi connectivity index (χ1n) is 7.71. The third kappa shape index (κ3) is 6.00. The molecule has 1 aromatic rings. The van der Waals surface area contributed by atoms with Crippen molar-refractivity contribution in [3.63, 3.8) is 0 Å². The number of nitrogens with zero attached hydrogens (tertiary/aromatic N) is 1. The lowest BCUT2D eigenvalue weighted by Gasteiger charge is -2.13. The summed E-state index contributed by atoms with van der Waals surface area (Å²) < 4.78 is 0. The Labute approximate surface area is 126 Å². The smallest absolute Gasteiger partial charge is 0.243 e. The summed E-state index contributed by atoms with van der Waals surface area (Å²) >= 11 is 0. The van der Waals surface area contributed by atoms with E-state index in [9.17, 15) is 9.90 Å². The number of hydrogen-bond donors (Lipinski definition) is 2. The van der Waals surface area contributed by atoms with Gasteiger partial charge in [0.25, 0.3) is 0 Å². The SMILES string of the molecule is O=C(/C=C/c1ccc(O)cc1)NCCCCN1CCCC1. The summed E-state index contributed by atoms with van der Waals surface area (Å²) in [6.07, 6.45) is 8.11. The fraction of sp³-hybridized carbons (Fsp3) is 0.471. The lowest BCUT2D eigenvalue weighted by Crippen LogP contribution is -2.24. The van der Waals surface area contributed by atoms with E-state index in [4.69, 9.17) is 0 Å². The second-order valence-electron chi connectivity index (χ2n) is 5.47. The fourth-order valence-electron chi connectivity index (χ4n) is 2.49. The predicted octanol–water partition coefficient (Wildman–Crippen LogP) is 2.40. The van der Waals surface area contributed by atoms with E-state index < -0.39 is 0 Å². The third-order valence-corrected chi connectivity index (χ3v) is 3.72. The molecule has 0 aromatic heterocycles. The molecule has 1 saturated heterocycles. The summed E-state index contributed by atoms with van der Waals surface area (Å²) in [6.45, 7) is 4.36. The Kier molecular flexibility index (Phi) is 6.28. The summed E-state index contributed by atoms with van der Waals surface area (Å²) in [6, 6.07) is 6.76. The van der Waals surface area contributed by atoms with Crippen LogP contribution in [-0.4, -0.2) is 42.1 Å². The minimum absolute atomic E-state index is 0.0655. The molecule has 0 spiro atoms. The fourth-order valence-corrected chi connectivity index (χ4v) is 2.49. The molecule has 4 nitrogen and oxygen atoms in total. The number of unbranched alkanes of at least 4 members (excludes halogenated alkanes) is 1. The molecule has 1 fully saturated rings. The summed E-state index contributed by atoms with van der Waals surface area (Å²) in [5.74, 6) is 0.166. The molecule has 0 aliphatic carbocycles. The number of rotatable bonds is 7. The van der Waals surface area contributed by atoms with Crippen LogP contribution in [-0.2, 0) is 4.79 Å². The van der Waals surface area contributed by atoms with Crippen LogP contribution in [0.25, 0.3) is 6.08 Å². The van der Waals surface area contributed by atoms with Gasteiger partial charge in [-0.2, -0.15) is 0 Å². The van der Waals surface area contributed by atoms with Crippen molar-refractivity contribution >= 4 is 12.0 Å². The molecular weight excluding hydrogens is 264 g/mol. The third-order valence-electron chi connectivity index (χ3n) is 3.72. The van der Waals surface area contributed by atoms with Crippen molar-refractivity contribution in [1.29, 1.82) is 0 Å². The number of phenolic OH excluding ortho intramolecular Hbond substituents is 1. The van der Waals surface area contributed by atoms with E-state index in [1.54, 1.807) is 30.3 Å². The molecule has 1 amide bonds. The Bertz CT molecular complexity index is 462. The quantitative estimate of drug-likeness (QED) is 0.598. The van der Waals surface area contributed by atoms with Crippen molar-refractivity contribution in [2.45, 2.75) is 25.7 Å². The van der Waals surface area contributed by atoms with Crippen molar-refractivity contribution < 1.29 is 9.90 Å². The van der Waals surface area contributed by atoms with Gasteiger partial charge >= 0.3 is 0 Å². The second-order valence-corrected chi connectivity index (χ2v) is 5.47. The first-order valence-corrected chi connectivity index (χ1v) is 7.71. The van der Waals surface area contributed by atoms with Gasteiger partial charge in [-0.1, -0.05) is 12.1 Å². The van der Waals surface area contributed by atoms with Crippen molar-refractivity contribution in [3.8, 4) is 5.75 Å². The zero-order valence-corrected chi connectivity index (χ0v) is 12.4. The van der Waals surface area contributed by atoms with E-state index in [0.717, 1.165) is 31.5 Å². The molecule has 0 unspecified atom stereocenters. The number of aromatic hydroxyl groups is 1. The number of phenols is 1. The van der Waals surface area contributed by atoms with Crippen molar-refractivity contribution in [3.05, 3.63) is 35.9 Å². The highest BCUT2D eigenvalue weighted by Crippen LogP contribution is 2.10. The molecule has 2 N–H and O–H groups in total. The van der Waals surface area contributed by atoms with Crippen LogP contribution in [0.4, 0.5) is 0 Å². The van der Waals surface area contributed by atoms with Crippen LogP contribution in [0.3, 0.4) is 0 Å². The van der Waals surface area contributed by atoms with Gasteiger partial charge in [0.15, 0.2) is 0 Å². The summed E-state index contributed by atoms with van der Waals surface area (Å²) in [7, 11) is 0. The summed E-state index contributed by atoms with van der Waals surface area (Å²) in [5.41, 5.74) is 0.900. The maximum atomic E-state index is 11.6. The molecule has 2 rings (SSSR count). The van der Waals surface area contributed by atoms with Gasteiger partial charge in [0.1, 0.15) is 5.75 Å². The summed E-state index contributed by atoms with van der Waals surface area (Å²) in [4.78, 5) is 14.1. The van der Waals surface area contributed by atoms with Gasteiger partial charge < -0.3 is 15.3 Å². The maximum absolute atomic E-state index is 11.6. The molecule has 1 heterocycles. The normalized spacial score (nSPS) is 15.6. The second kappa shape index (κ2) is 8.47. The molecule has 1 aliphatic rings. The molecule has 114 valence electrons. The van der Waals surface area contributed by atoms with Crippen LogP contribution in [0.2, 0.25) is 0 Å². The number of benzene rings is 1. The zero-order valence-electron chi connectivity index (χ0n) is 12.4. The number of amides is 1. The Balaban J connectivity index is 1.57. The number of carbonyl (C=O) groups excluding carboxylic acids is 1. The van der Waals surface area contributed by atoms with E-state index in [1.165, 1.54) is 32.0 Å². The van der Waals surface area contributed by atoms with Gasteiger partial charge in [-0.3, -0.25) is 4.79 Å². The molecular formula is C17H24N2O2. The average Bonchev–Trinajstić information content (AvgIpc) is 2.99. The minimum atomic E-state index is -0.0655. The molecule has 0 bridgehead atoms. The monoisotopic (exact) mass is 288 g/mol. The van der Waals surface area contributed by atoms with Gasteiger partial charge in [0.2, 0.25) is 5.91 Å². The average molecular weight is 288 g/mol. The van der Waals surface area contributed by atoms with Crippen LogP contribution < -0.4 is 5.32 Å². The van der Waals surface area contributed by atoms with Crippen molar-refractivity contribution in [2.24, 2.45) is 0 Å². The van der Waals surface area contributed by atoms with E-state index in [0.29, 0.717) is 0 Å². The van der Waals surface area contributed by atoms with Crippen LogP contribution in [0.15, 0.2) is 30.3 Å². The molecule has 0 saturated carbocycles. The Hall–Kier alpha value is -1.81. The molecule has 21 heavy (non-hydrogen) atoms. The largest absolute Gasteiger partial charge is 0.508 e. The number of likely N-dealkylation sites (tertiary alicyclic amines) is 1. The Morgan fingerprint density at radius 3 is 2.62 bits per heavy atom. The van der Waals surface area contributed by atoms with E-state index in [2.05, 4.69) is 10.2 Å². The summed E-state index contributed by atoms with van der Waals surface area (Å²) in [5, 5.41) is 12.1. The van der Waals surface area contributed by atoms with E-state index in [1.807, 2.05) is 0 Å². The Morgan fingerprint density at radius 2 is 1.90 bits per heavy atom. The minimum Gasteiger partial charge on any atom is -0.508 e. The van der Waals surface area contributed by atoms with Crippen LogP contribution >= 0.6 is 0 Å². The molecule has 1 aromatic carbocycles. The Morgan fingerprint density at radius 1 is 1.19 bits per heavy atom. The van der Waals surface area contributed by atoms with Gasteiger partial charge in [-0.05, 0) is 69.1 Å². The molecule has 4 heteroatoms. The van der Waals surface area contributed by atoms with Crippen LogP contribution in [0.5, 0.6) is 5.75 Å². The van der Waals surface area contributed by atoms with Crippen LogP contribution in [0, 0.1) is 0 Å². The maximum Gasteiger partial charge on any atom is 0.243 e. The van der Waals surface area contributed by atoms with Crippen LogP contribution in [0.1, 0.15) is 31.2 Å². The predicted molar refractivity (Wildman–Crippen MR) is 85.1 cm³/mol. The standard InChI is InChI=1S/C17H24N2O2/c20-16-8-5-15(6-9-16)7-10-17(21)18-11-1-2-12-19-13-3-4-14-19/h5-10,20H,1-4,11-14H2,(H,18,21)/b10-7+. The van der Waals surface area contributed by atoms with Crippen molar-refractivity contribution in [2.75, 3.05) is 26.2 Å². The molecule has 1 aliphatic heterocycles. The first-order chi connectivity index (χ1) is 10.2. The number of nitrogens with one attached hydrogen (secondary N) is 1. The van der Waals surface area contributed by atoms with Crippen molar-refractivity contribution in [1.82, 2.24) is 10.2 Å². The van der Waals surface area contributed by atoms with Gasteiger partial charge in [-0.25, -0.2) is 0 Å². The first kappa shape index (κ1) is 15.6. The molecule has 0 atom stereocenters. The lowest BCUT2D eigenvalue weighted by atomic mass is 10.2. The van der Waals surface area contributed by atoms with E-state index >= 15 is 0 Å². The number of hydrogen-bond acceptors (Lipinski definition) is 3. The molecule has 0 radical (unpaired) electrons. The van der Waals surface area contributed by atoms with E-state index in [-0.39, 0.29) is 11.7 Å². The highest BCUT2D eigenvalue weighted by molar-refractivity contribution is 5.91. The number of carbonyl (C=O) groups is 1. The van der Waals surface area contributed by atoms with Gasteiger partial charge in [0, 0.05) is 12.6 Å². The highest BCUT2D eigenvalue weighted by Gasteiger charge is 2.09. The zero-order chi connectivity index (χ0) is 14.9. The lowest BCUT2D eigenvalue weighted by molar-refractivity contribution is -0.116.